The van der Waals surface area contributed by atoms with Crippen LogP contribution in [0.4, 0.5) is 4.79 Å². The molecule has 78 valence electrons. The number of hydrogen-bond acceptors (Lipinski definition) is 3. The average molecular weight is 200 g/mol. The van der Waals surface area contributed by atoms with Gasteiger partial charge in [-0.2, -0.15) is 0 Å². The van der Waals surface area contributed by atoms with Crippen molar-refractivity contribution in [3.63, 3.8) is 0 Å². The van der Waals surface area contributed by atoms with Crippen molar-refractivity contribution in [1.82, 2.24) is 10.2 Å². The minimum absolute atomic E-state index is 0.334. The van der Waals surface area contributed by atoms with Gasteiger partial charge in [0, 0.05) is 6.54 Å². The predicted octanol–water partition coefficient (Wildman–Crippen LogP) is -0.209. The lowest BCUT2D eigenvalue weighted by molar-refractivity contribution is -0.140. The van der Waals surface area contributed by atoms with E-state index in [9.17, 15) is 14.4 Å². The van der Waals surface area contributed by atoms with Crippen LogP contribution < -0.4 is 5.32 Å². The molecule has 0 aromatic heterocycles. The van der Waals surface area contributed by atoms with Crippen LogP contribution in [0.5, 0.6) is 0 Å². The highest BCUT2D eigenvalue weighted by atomic mass is 16.4. The molecule has 0 saturated carbocycles. The van der Waals surface area contributed by atoms with Gasteiger partial charge in [-0.15, -0.1) is 0 Å². The van der Waals surface area contributed by atoms with E-state index in [0.29, 0.717) is 13.0 Å². The van der Waals surface area contributed by atoms with E-state index in [-0.39, 0.29) is 6.42 Å². The summed E-state index contributed by atoms with van der Waals surface area (Å²) in [5.41, 5.74) is 0. The number of aliphatic carboxylic acids is 1. The number of hydrogen-bond donors (Lipinski definition) is 2. The van der Waals surface area contributed by atoms with Crippen LogP contribution in [0.25, 0.3) is 0 Å². The maximum absolute atomic E-state index is 11.4. The Morgan fingerprint density at radius 1 is 1.57 bits per heavy atom. The number of amides is 3. The Kier molecular flexibility index (Phi) is 3.06. The molecule has 3 amide bonds. The Hall–Kier alpha value is -1.59. The molecule has 0 aromatic rings. The van der Waals surface area contributed by atoms with Gasteiger partial charge in [0.05, 0.1) is 6.42 Å². The summed E-state index contributed by atoms with van der Waals surface area (Å²) >= 11 is 0. The third-order valence-electron chi connectivity index (χ3n) is 1.93. The standard InChI is InChI=1S/C8H12N2O4/c1-2-3-10-7(13)5(4-6(11)12)9-8(10)14/h5H,2-4H2,1H3,(H,9,14)(H,11,12)/t5-/m1/s1. The second kappa shape index (κ2) is 4.08. The monoisotopic (exact) mass is 200 g/mol. The molecule has 0 spiro atoms. The molecule has 0 aromatic carbocycles. The van der Waals surface area contributed by atoms with Crippen LogP contribution in [-0.2, 0) is 9.59 Å². The zero-order valence-corrected chi connectivity index (χ0v) is 7.82. The molecule has 1 rings (SSSR count). The van der Waals surface area contributed by atoms with Crippen LogP contribution in [-0.4, -0.2) is 40.5 Å². The van der Waals surface area contributed by atoms with Crippen LogP contribution in [0.15, 0.2) is 0 Å². The highest BCUT2D eigenvalue weighted by Gasteiger charge is 2.38. The maximum atomic E-state index is 11.4. The van der Waals surface area contributed by atoms with Gasteiger partial charge in [-0.1, -0.05) is 6.92 Å². The summed E-state index contributed by atoms with van der Waals surface area (Å²) < 4.78 is 0. The number of carbonyl (C=O) groups excluding carboxylic acids is 2. The summed E-state index contributed by atoms with van der Waals surface area (Å²) in [6.07, 6.45) is 0.309. The fourth-order valence-corrected chi connectivity index (χ4v) is 1.33. The summed E-state index contributed by atoms with van der Waals surface area (Å²) in [4.78, 5) is 34.0. The maximum Gasteiger partial charge on any atom is 0.324 e. The third-order valence-corrected chi connectivity index (χ3v) is 1.93. The van der Waals surface area contributed by atoms with Gasteiger partial charge in [-0.05, 0) is 6.42 Å². The Morgan fingerprint density at radius 2 is 2.21 bits per heavy atom. The zero-order valence-electron chi connectivity index (χ0n) is 7.82. The number of carboxylic acid groups (broad SMARTS) is 1. The Labute approximate surface area is 80.9 Å². The van der Waals surface area contributed by atoms with Crippen molar-refractivity contribution >= 4 is 17.9 Å². The van der Waals surface area contributed by atoms with Gasteiger partial charge in [0.15, 0.2) is 0 Å². The van der Waals surface area contributed by atoms with Gasteiger partial charge >= 0.3 is 12.0 Å². The fourth-order valence-electron chi connectivity index (χ4n) is 1.33. The van der Waals surface area contributed by atoms with Gasteiger partial charge in [0.2, 0.25) is 0 Å². The van der Waals surface area contributed by atoms with Crippen LogP contribution in [0.3, 0.4) is 0 Å². The molecule has 2 N–H and O–H groups in total. The Balaban J connectivity index is 2.64. The lowest BCUT2D eigenvalue weighted by Gasteiger charge is -2.10. The van der Waals surface area contributed by atoms with Crippen molar-refractivity contribution in [3.05, 3.63) is 0 Å². The van der Waals surface area contributed by atoms with Crippen molar-refractivity contribution in [2.45, 2.75) is 25.8 Å². The first kappa shape index (κ1) is 10.5. The average Bonchev–Trinajstić information content (AvgIpc) is 2.32. The summed E-state index contributed by atoms with van der Waals surface area (Å²) in [5, 5.41) is 10.8. The first-order valence-corrected chi connectivity index (χ1v) is 4.40. The largest absolute Gasteiger partial charge is 0.481 e. The van der Waals surface area contributed by atoms with Crippen molar-refractivity contribution in [1.29, 1.82) is 0 Å². The number of urea groups is 1. The van der Waals surface area contributed by atoms with E-state index in [1.54, 1.807) is 0 Å². The molecule has 1 saturated heterocycles. The highest BCUT2D eigenvalue weighted by Crippen LogP contribution is 2.09. The quantitative estimate of drug-likeness (QED) is 0.615. The molecule has 0 unspecified atom stereocenters. The van der Waals surface area contributed by atoms with E-state index in [2.05, 4.69) is 5.32 Å². The van der Waals surface area contributed by atoms with Gasteiger partial charge in [-0.3, -0.25) is 14.5 Å². The van der Waals surface area contributed by atoms with Gasteiger partial charge < -0.3 is 10.4 Å². The Morgan fingerprint density at radius 3 is 2.71 bits per heavy atom. The molecule has 0 aliphatic carbocycles. The molecule has 0 radical (unpaired) electrons. The van der Waals surface area contributed by atoms with Crippen LogP contribution in [0.1, 0.15) is 19.8 Å². The van der Waals surface area contributed by atoms with E-state index in [1.807, 2.05) is 6.92 Å². The smallest absolute Gasteiger partial charge is 0.324 e. The summed E-state index contributed by atoms with van der Waals surface area (Å²) in [6.45, 7) is 2.17. The molecule has 6 heteroatoms. The lowest BCUT2D eigenvalue weighted by atomic mass is 10.2. The molecule has 14 heavy (non-hydrogen) atoms. The first-order chi connectivity index (χ1) is 6.56. The fraction of sp³-hybridized carbons (Fsp3) is 0.625. The van der Waals surface area contributed by atoms with E-state index < -0.39 is 23.9 Å². The van der Waals surface area contributed by atoms with E-state index in [0.717, 1.165) is 4.90 Å². The van der Waals surface area contributed by atoms with Crippen LogP contribution in [0.2, 0.25) is 0 Å². The zero-order chi connectivity index (χ0) is 10.7. The topological polar surface area (TPSA) is 86.7 Å². The molecule has 1 heterocycles. The highest BCUT2D eigenvalue weighted by molar-refractivity contribution is 6.05. The number of carboxylic acids is 1. The molecule has 6 nitrogen and oxygen atoms in total. The van der Waals surface area contributed by atoms with Gasteiger partial charge in [0.1, 0.15) is 6.04 Å². The summed E-state index contributed by atoms with van der Waals surface area (Å²) in [7, 11) is 0. The van der Waals surface area contributed by atoms with Crippen LogP contribution >= 0.6 is 0 Å². The van der Waals surface area contributed by atoms with Gasteiger partial charge in [-0.25, -0.2) is 4.79 Å². The molecule has 1 fully saturated rings. The summed E-state index contributed by atoms with van der Waals surface area (Å²) in [5.74, 6) is -1.54. The molecular formula is C8H12N2O4. The summed E-state index contributed by atoms with van der Waals surface area (Å²) in [6, 6.07) is -1.39. The number of nitrogens with one attached hydrogen (secondary N) is 1. The van der Waals surface area contributed by atoms with Crippen molar-refractivity contribution in [2.24, 2.45) is 0 Å². The second-order valence-electron chi connectivity index (χ2n) is 3.09. The van der Waals surface area contributed by atoms with Crippen molar-refractivity contribution in [2.75, 3.05) is 6.54 Å². The van der Waals surface area contributed by atoms with E-state index in [4.69, 9.17) is 5.11 Å². The molecule has 0 bridgehead atoms. The molecular weight excluding hydrogens is 188 g/mol. The molecule has 1 atom stereocenters. The normalized spacial score (nSPS) is 21.2. The molecule has 1 aliphatic rings. The minimum atomic E-state index is -1.10. The minimum Gasteiger partial charge on any atom is -0.481 e. The first-order valence-electron chi connectivity index (χ1n) is 4.40. The van der Waals surface area contributed by atoms with Crippen molar-refractivity contribution in [3.8, 4) is 0 Å². The Bertz CT molecular complexity index is 277. The predicted molar refractivity (Wildman–Crippen MR) is 46.6 cm³/mol. The van der Waals surface area contributed by atoms with E-state index >= 15 is 0 Å². The number of imide groups is 1. The van der Waals surface area contributed by atoms with Crippen LogP contribution in [0, 0.1) is 0 Å². The number of nitrogens with zero attached hydrogens (tertiary/aromatic N) is 1. The number of carbonyl (C=O) groups is 3. The lowest BCUT2D eigenvalue weighted by Crippen LogP contribution is -2.33. The van der Waals surface area contributed by atoms with Crippen molar-refractivity contribution < 1.29 is 19.5 Å². The number of rotatable bonds is 4. The SMILES string of the molecule is CCCN1C(=O)N[C@H](CC(=O)O)C1=O. The second-order valence-corrected chi connectivity index (χ2v) is 3.09. The van der Waals surface area contributed by atoms with Gasteiger partial charge in [0.25, 0.3) is 5.91 Å². The molecule has 1 aliphatic heterocycles. The third kappa shape index (κ3) is 2.01. The van der Waals surface area contributed by atoms with E-state index in [1.165, 1.54) is 0 Å².